The second kappa shape index (κ2) is 13.5. The van der Waals surface area contributed by atoms with Gasteiger partial charge in [0.2, 0.25) is 0 Å². The highest BCUT2D eigenvalue weighted by Gasteiger charge is 2.18. The van der Waals surface area contributed by atoms with Gasteiger partial charge in [-0.05, 0) is 78.1 Å². The largest absolute Gasteiger partial charge is 0.310 e. The highest BCUT2D eigenvalue weighted by Crippen LogP contribution is 2.39. The topological polar surface area (TPSA) is 35.6 Å². The van der Waals surface area contributed by atoms with E-state index in [2.05, 4.69) is 186 Å². The summed E-state index contributed by atoms with van der Waals surface area (Å²) >= 11 is 0. The maximum Gasteiger partial charge on any atom is 0.160 e. The summed E-state index contributed by atoms with van der Waals surface area (Å²) in [6.07, 6.45) is 8.05. The molecule has 0 saturated carbocycles. The van der Waals surface area contributed by atoms with E-state index in [1.807, 2.05) is 24.3 Å². The third-order valence-electron chi connectivity index (χ3n) is 11.5. The molecular weight excluding hydrogens is 693 g/mol. The molecule has 1 atom stereocenters. The van der Waals surface area contributed by atoms with Crippen LogP contribution in [-0.4, -0.2) is 19.1 Å². The Morgan fingerprint density at radius 3 is 1.79 bits per heavy atom. The summed E-state index contributed by atoms with van der Waals surface area (Å²) in [6.45, 7) is 2.28. The van der Waals surface area contributed by atoms with Crippen LogP contribution in [0.4, 0.5) is 0 Å². The van der Waals surface area contributed by atoms with E-state index in [1.54, 1.807) is 0 Å². The van der Waals surface area contributed by atoms with Crippen molar-refractivity contribution in [2.45, 2.75) is 13.3 Å². The fourth-order valence-electron chi connectivity index (χ4n) is 8.61. The first-order valence-corrected chi connectivity index (χ1v) is 19.7. The van der Waals surface area contributed by atoms with Gasteiger partial charge < -0.3 is 9.13 Å². The summed E-state index contributed by atoms with van der Waals surface area (Å²) in [5.41, 5.74) is 14.4. The van der Waals surface area contributed by atoms with Crippen molar-refractivity contribution in [3.63, 3.8) is 0 Å². The van der Waals surface area contributed by atoms with Crippen LogP contribution in [0.15, 0.2) is 194 Å². The number of hydrogen-bond donors (Lipinski definition) is 0. The summed E-state index contributed by atoms with van der Waals surface area (Å²) < 4.78 is 4.83. The molecule has 0 bridgehead atoms. The Bertz CT molecular complexity index is 3160. The number of para-hydroxylation sites is 2. The second-order valence-corrected chi connectivity index (χ2v) is 15.1. The Kier molecular flexibility index (Phi) is 7.82. The van der Waals surface area contributed by atoms with Crippen LogP contribution in [0.3, 0.4) is 0 Å². The van der Waals surface area contributed by atoms with Crippen LogP contribution in [0.5, 0.6) is 0 Å². The molecule has 3 heterocycles. The molecule has 0 amide bonds. The van der Waals surface area contributed by atoms with Crippen LogP contribution in [0.2, 0.25) is 0 Å². The van der Waals surface area contributed by atoms with Gasteiger partial charge in [0.25, 0.3) is 0 Å². The third-order valence-corrected chi connectivity index (χ3v) is 11.5. The zero-order valence-corrected chi connectivity index (χ0v) is 31.5. The van der Waals surface area contributed by atoms with Gasteiger partial charge >= 0.3 is 0 Å². The summed E-state index contributed by atoms with van der Waals surface area (Å²) in [5.74, 6) is 1.27. The van der Waals surface area contributed by atoms with Crippen molar-refractivity contribution in [1.82, 2.24) is 19.1 Å². The first-order chi connectivity index (χ1) is 28.2. The van der Waals surface area contributed by atoms with Crippen molar-refractivity contribution in [3.05, 3.63) is 194 Å². The molecule has 10 aromatic rings. The lowest BCUT2D eigenvalue weighted by Gasteiger charge is -2.15. The predicted molar refractivity (Wildman–Crippen MR) is 238 cm³/mol. The van der Waals surface area contributed by atoms with E-state index in [0.29, 0.717) is 11.7 Å². The van der Waals surface area contributed by atoms with Gasteiger partial charge in [0.15, 0.2) is 5.82 Å². The van der Waals surface area contributed by atoms with Crippen LogP contribution in [0, 0.1) is 5.92 Å². The molecule has 0 radical (unpaired) electrons. The molecule has 0 saturated heterocycles. The molecule has 0 fully saturated rings. The van der Waals surface area contributed by atoms with Crippen LogP contribution >= 0.6 is 0 Å². The standard InChI is InChI=1S/C53H38N4/c1-35-23-27-41(28-24-35)56-49-21-10-8-19-43(49)45-29-25-39(33-52(45)56)38-26-30-51-46(32-38)44-20-9-11-22-50(44)57(51)42-18-12-17-40(31-42)48-34-47(36-13-4-2-5-14-36)54-53(55-48)37-15-6-3-7-16-37/h2-23,25-35H,24H2,1H3. The van der Waals surface area contributed by atoms with Gasteiger partial charge in [-0.15, -0.1) is 0 Å². The van der Waals surface area contributed by atoms with Crippen molar-refractivity contribution < 1.29 is 0 Å². The Balaban J connectivity index is 1.05. The van der Waals surface area contributed by atoms with E-state index in [4.69, 9.17) is 9.97 Å². The molecule has 4 heteroatoms. The number of nitrogens with zero attached hydrogens (tertiary/aromatic N) is 4. The second-order valence-electron chi connectivity index (χ2n) is 15.1. The molecule has 1 unspecified atom stereocenters. The normalized spacial score (nSPS) is 14.2. The molecule has 1 aliphatic rings. The van der Waals surface area contributed by atoms with Crippen LogP contribution in [-0.2, 0) is 0 Å². The number of benzene rings is 7. The molecule has 4 nitrogen and oxygen atoms in total. The summed E-state index contributed by atoms with van der Waals surface area (Å²) in [7, 11) is 0. The van der Waals surface area contributed by atoms with Crippen LogP contribution in [0.1, 0.15) is 13.3 Å². The van der Waals surface area contributed by atoms with Gasteiger partial charge in [0.05, 0.1) is 33.5 Å². The number of allylic oxidation sites excluding steroid dienone is 4. The Morgan fingerprint density at radius 1 is 0.439 bits per heavy atom. The monoisotopic (exact) mass is 730 g/mol. The zero-order chi connectivity index (χ0) is 37.9. The Labute approximate surface area is 331 Å². The SMILES string of the molecule is CC1C=CC(n2c3ccccc3c3ccc(-c4ccc5c(c4)c4ccccc4n5-c4cccc(-c5cc(-c6ccccc6)nc(-c6ccccc6)n5)c4)cc32)=CC1. The molecule has 0 N–H and O–H groups in total. The van der Waals surface area contributed by atoms with Crippen LogP contribution < -0.4 is 0 Å². The fraction of sp³-hybridized carbons (Fsp3) is 0.0566. The minimum absolute atomic E-state index is 0.557. The molecule has 270 valence electrons. The van der Waals surface area contributed by atoms with Crippen molar-refractivity contribution >= 4 is 49.3 Å². The average Bonchev–Trinajstić information content (AvgIpc) is 3.79. The van der Waals surface area contributed by atoms with Gasteiger partial charge in [0, 0.05) is 49.6 Å². The van der Waals surface area contributed by atoms with Gasteiger partial charge in [0.1, 0.15) is 0 Å². The lowest BCUT2D eigenvalue weighted by molar-refractivity contribution is 0.735. The molecular formula is C53H38N4. The molecule has 3 aromatic heterocycles. The first kappa shape index (κ1) is 33.1. The minimum Gasteiger partial charge on any atom is -0.310 e. The highest BCUT2D eigenvalue weighted by molar-refractivity contribution is 6.13. The van der Waals surface area contributed by atoms with Crippen molar-refractivity contribution in [2.75, 3.05) is 0 Å². The maximum atomic E-state index is 5.14. The number of aromatic nitrogens is 4. The lowest BCUT2D eigenvalue weighted by Crippen LogP contribution is -2.00. The van der Waals surface area contributed by atoms with Crippen molar-refractivity contribution in [2.24, 2.45) is 5.92 Å². The zero-order valence-electron chi connectivity index (χ0n) is 31.5. The highest BCUT2D eigenvalue weighted by atomic mass is 15.0. The van der Waals surface area contributed by atoms with E-state index in [-0.39, 0.29) is 0 Å². The van der Waals surface area contributed by atoms with E-state index >= 15 is 0 Å². The van der Waals surface area contributed by atoms with Crippen molar-refractivity contribution in [1.29, 1.82) is 0 Å². The van der Waals surface area contributed by atoms with Gasteiger partial charge in [-0.2, -0.15) is 0 Å². The van der Waals surface area contributed by atoms with Gasteiger partial charge in [-0.25, -0.2) is 9.97 Å². The minimum atomic E-state index is 0.557. The quantitative estimate of drug-likeness (QED) is 0.171. The molecule has 57 heavy (non-hydrogen) atoms. The van der Waals surface area contributed by atoms with E-state index in [9.17, 15) is 0 Å². The lowest BCUT2D eigenvalue weighted by atomic mass is 10.0. The summed E-state index contributed by atoms with van der Waals surface area (Å²) in [4.78, 5) is 10.2. The fourth-order valence-corrected chi connectivity index (χ4v) is 8.61. The Morgan fingerprint density at radius 2 is 1.04 bits per heavy atom. The first-order valence-electron chi connectivity index (χ1n) is 19.7. The molecule has 0 aliphatic heterocycles. The molecule has 1 aliphatic carbocycles. The predicted octanol–water partition coefficient (Wildman–Crippen LogP) is 13.8. The number of rotatable bonds is 6. The Hall–Kier alpha value is -7.30. The van der Waals surface area contributed by atoms with Crippen LogP contribution in [0.25, 0.3) is 100 Å². The van der Waals surface area contributed by atoms with Gasteiger partial charge in [-0.3, -0.25) is 0 Å². The van der Waals surface area contributed by atoms with E-state index in [1.165, 1.54) is 54.9 Å². The maximum absolute atomic E-state index is 5.14. The number of fused-ring (bicyclic) bond motifs is 6. The van der Waals surface area contributed by atoms with Crippen molar-refractivity contribution in [3.8, 4) is 50.7 Å². The third kappa shape index (κ3) is 5.68. The van der Waals surface area contributed by atoms with E-state index in [0.717, 1.165) is 45.7 Å². The molecule has 11 rings (SSSR count). The van der Waals surface area contributed by atoms with E-state index < -0.39 is 0 Å². The summed E-state index contributed by atoms with van der Waals surface area (Å²) in [5, 5.41) is 5.00. The molecule has 0 spiro atoms. The van der Waals surface area contributed by atoms with Gasteiger partial charge in [-0.1, -0.05) is 146 Å². The smallest absolute Gasteiger partial charge is 0.160 e. The number of hydrogen-bond acceptors (Lipinski definition) is 2. The average molecular weight is 731 g/mol. The molecule has 7 aromatic carbocycles. The summed E-state index contributed by atoms with van der Waals surface area (Å²) in [6, 6.07) is 62.9.